The molecular formula is C18H17FN4O2. The number of rotatable bonds is 5. The summed E-state index contributed by atoms with van der Waals surface area (Å²) in [6, 6.07) is 9.61. The van der Waals surface area contributed by atoms with E-state index in [4.69, 9.17) is 4.74 Å². The molecule has 0 fully saturated rings. The molecule has 3 rings (SSSR count). The van der Waals surface area contributed by atoms with Gasteiger partial charge in [0.1, 0.15) is 11.5 Å². The molecule has 1 aromatic carbocycles. The van der Waals surface area contributed by atoms with Crippen LogP contribution in [0.4, 0.5) is 15.9 Å². The molecule has 6 nitrogen and oxygen atoms in total. The maximum absolute atomic E-state index is 13.3. The summed E-state index contributed by atoms with van der Waals surface area (Å²) < 4.78 is 20.0. The van der Waals surface area contributed by atoms with Crippen LogP contribution in [-0.2, 0) is 16.0 Å². The van der Waals surface area contributed by atoms with Gasteiger partial charge in [0.15, 0.2) is 5.82 Å². The van der Waals surface area contributed by atoms with Gasteiger partial charge in [0, 0.05) is 12.3 Å². The minimum absolute atomic E-state index is 0.00787. The predicted octanol–water partition coefficient (Wildman–Crippen LogP) is 4.30. The van der Waals surface area contributed by atoms with E-state index in [0.29, 0.717) is 29.5 Å². The number of aromatic nitrogens is 2. The standard InChI is InChI=1S/C18H17FN4O2/c1-3-25-17(24)11-15-18(22-21-14-6-4-5-13(19)10-14)23-8-7-12(2)9-16(23)20-15/h4-10H,3,11H2,1-2H3. The molecule has 0 aliphatic rings. The average molecular weight is 340 g/mol. The molecule has 3 aromatic rings. The first kappa shape index (κ1) is 16.8. The second-order valence-electron chi connectivity index (χ2n) is 5.48. The van der Waals surface area contributed by atoms with Crippen LogP contribution < -0.4 is 0 Å². The first-order valence-electron chi connectivity index (χ1n) is 7.87. The Balaban J connectivity index is 2.02. The highest BCUT2D eigenvalue weighted by atomic mass is 19.1. The first-order valence-corrected chi connectivity index (χ1v) is 7.87. The van der Waals surface area contributed by atoms with Gasteiger partial charge in [0.25, 0.3) is 0 Å². The summed E-state index contributed by atoms with van der Waals surface area (Å²) in [5.74, 6) is -0.353. The molecule has 0 aliphatic carbocycles. The van der Waals surface area contributed by atoms with Gasteiger partial charge in [-0.2, -0.15) is 0 Å². The Labute approximate surface area is 144 Å². The van der Waals surface area contributed by atoms with Crippen molar-refractivity contribution in [1.82, 2.24) is 9.38 Å². The topological polar surface area (TPSA) is 68.3 Å². The molecule has 0 saturated heterocycles. The lowest BCUT2D eigenvalue weighted by Gasteiger charge is -2.01. The summed E-state index contributed by atoms with van der Waals surface area (Å²) in [4.78, 5) is 16.3. The summed E-state index contributed by atoms with van der Waals surface area (Å²) in [6.07, 6.45) is 1.80. The van der Waals surface area contributed by atoms with E-state index in [9.17, 15) is 9.18 Å². The zero-order valence-corrected chi connectivity index (χ0v) is 13.9. The number of aryl methyl sites for hydroxylation is 1. The summed E-state index contributed by atoms with van der Waals surface area (Å²) in [5, 5.41) is 8.27. The molecule has 2 heterocycles. The number of fused-ring (bicyclic) bond motifs is 1. The lowest BCUT2D eigenvalue weighted by molar-refractivity contribution is -0.142. The molecule has 25 heavy (non-hydrogen) atoms. The fourth-order valence-electron chi connectivity index (χ4n) is 2.40. The lowest BCUT2D eigenvalue weighted by atomic mass is 10.3. The number of ether oxygens (including phenoxy) is 1. The van der Waals surface area contributed by atoms with E-state index in [1.807, 2.05) is 25.3 Å². The van der Waals surface area contributed by atoms with Crippen LogP contribution in [-0.4, -0.2) is 22.0 Å². The number of hydrogen-bond donors (Lipinski definition) is 0. The number of nitrogens with zero attached hydrogens (tertiary/aromatic N) is 4. The SMILES string of the molecule is CCOC(=O)Cc1nc2cc(C)ccn2c1N=Nc1cccc(F)c1. The van der Waals surface area contributed by atoms with Crippen molar-refractivity contribution in [3.05, 3.63) is 59.7 Å². The molecule has 2 aromatic heterocycles. The van der Waals surface area contributed by atoms with Gasteiger partial charge in [0.2, 0.25) is 0 Å². The molecule has 7 heteroatoms. The molecule has 0 radical (unpaired) electrons. The minimum atomic E-state index is -0.392. The third-order valence-electron chi connectivity index (χ3n) is 3.51. The Bertz CT molecular complexity index is 949. The minimum Gasteiger partial charge on any atom is -0.466 e. The molecule has 0 saturated carbocycles. The van der Waals surface area contributed by atoms with E-state index in [-0.39, 0.29) is 12.4 Å². The Kier molecular flexibility index (Phi) is 4.83. The van der Waals surface area contributed by atoms with Gasteiger partial charge in [-0.1, -0.05) is 6.07 Å². The fourth-order valence-corrected chi connectivity index (χ4v) is 2.40. The Hall–Kier alpha value is -3.09. The Morgan fingerprint density at radius 3 is 2.88 bits per heavy atom. The third-order valence-corrected chi connectivity index (χ3v) is 3.51. The maximum atomic E-state index is 13.3. The van der Waals surface area contributed by atoms with Crippen molar-refractivity contribution in [3.8, 4) is 0 Å². The second kappa shape index (κ2) is 7.21. The number of esters is 1. The maximum Gasteiger partial charge on any atom is 0.312 e. The van der Waals surface area contributed by atoms with Gasteiger partial charge in [-0.3, -0.25) is 9.20 Å². The van der Waals surface area contributed by atoms with E-state index in [2.05, 4.69) is 15.2 Å². The molecule has 0 aliphatic heterocycles. The van der Waals surface area contributed by atoms with Crippen molar-refractivity contribution in [1.29, 1.82) is 0 Å². The van der Waals surface area contributed by atoms with Gasteiger partial charge >= 0.3 is 5.97 Å². The molecule has 0 spiro atoms. The molecule has 0 N–H and O–H groups in total. The van der Waals surface area contributed by atoms with Crippen LogP contribution in [0.25, 0.3) is 5.65 Å². The van der Waals surface area contributed by atoms with Gasteiger partial charge in [-0.15, -0.1) is 10.2 Å². The van der Waals surface area contributed by atoms with Crippen LogP contribution in [0.15, 0.2) is 52.8 Å². The predicted molar refractivity (Wildman–Crippen MR) is 90.8 cm³/mol. The second-order valence-corrected chi connectivity index (χ2v) is 5.48. The third kappa shape index (κ3) is 3.88. The van der Waals surface area contributed by atoms with Gasteiger partial charge in [-0.05, 0) is 43.7 Å². The number of carbonyl (C=O) groups excluding carboxylic acids is 1. The molecule has 0 bridgehead atoms. The Morgan fingerprint density at radius 1 is 1.28 bits per heavy atom. The summed E-state index contributed by atoms with van der Waals surface area (Å²) in [7, 11) is 0. The van der Waals surface area contributed by atoms with E-state index in [1.54, 1.807) is 23.5 Å². The molecular weight excluding hydrogens is 323 g/mol. The summed E-state index contributed by atoms with van der Waals surface area (Å²) in [6.45, 7) is 3.99. The van der Waals surface area contributed by atoms with E-state index in [0.717, 1.165) is 5.56 Å². The quantitative estimate of drug-likeness (QED) is 0.513. The highest BCUT2D eigenvalue weighted by molar-refractivity contribution is 5.74. The fraction of sp³-hybridized carbons (Fsp3) is 0.222. The van der Waals surface area contributed by atoms with Crippen LogP contribution in [0.1, 0.15) is 18.2 Å². The van der Waals surface area contributed by atoms with Crippen LogP contribution >= 0.6 is 0 Å². The van der Waals surface area contributed by atoms with E-state index < -0.39 is 5.82 Å². The van der Waals surface area contributed by atoms with Gasteiger partial charge in [0.05, 0.1) is 24.4 Å². The van der Waals surface area contributed by atoms with Crippen molar-refractivity contribution in [2.24, 2.45) is 10.2 Å². The molecule has 0 unspecified atom stereocenters. The van der Waals surface area contributed by atoms with Crippen molar-refractivity contribution in [3.63, 3.8) is 0 Å². The van der Waals surface area contributed by atoms with Crippen molar-refractivity contribution >= 4 is 23.1 Å². The van der Waals surface area contributed by atoms with Gasteiger partial charge < -0.3 is 4.74 Å². The smallest absolute Gasteiger partial charge is 0.312 e. The normalized spacial score (nSPS) is 11.3. The largest absolute Gasteiger partial charge is 0.466 e. The molecule has 0 atom stereocenters. The zero-order chi connectivity index (χ0) is 17.8. The van der Waals surface area contributed by atoms with Crippen LogP contribution in [0.3, 0.4) is 0 Å². The highest BCUT2D eigenvalue weighted by Gasteiger charge is 2.16. The number of benzene rings is 1. The Morgan fingerprint density at radius 2 is 2.12 bits per heavy atom. The van der Waals surface area contributed by atoms with Gasteiger partial charge in [-0.25, -0.2) is 9.37 Å². The number of azo groups is 1. The monoisotopic (exact) mass is 340 g/mol. The van der Waals surface area contributed by atoms with Crippen LogP contribution in [0.2, 0.25) is 0 Å². The number of hydrogen-bond acceptors (Lipinski definition) is 5. The van der Waals surface area contributed by atoms with Crippen molar-refractivity contribution in [2.75, 3.05) is 6.61 Å². The number of carbonyl (C=O) groups is 1. The van der Waals surface area contributed by atoms with E-state index >= 15 is 0 Å². The van der Waals surface area contributed by atoms with Crippen molar-refractivity contribution in [2.45, 2.75) is 20.3 Å². The van der Waals surface area contributed by atoms with Crippen LogP contribution in [0, 0.1) is 12.7 Å². The van der Waals surface area contributed by atoms with Crippen LogP contribution in [0.5, 0.6) is 0 Å². The molecule has 0 amide bonds. The number of pyridine rings is 1. The lowest BCUT2D eigenvalue weighted by Crippen LogP contribution is -2.07. The average Bonchev–Trinajstić information content (AvgIpc) is 2.89. The number of halogens is 1. The first-order chi connectivity index (χ1) is 12.1. The van der Waals surface area contributed by atoms with Crippen molar-refractivity contribution < 1.29 is 13.9 Å². The number of imidazole rings is 1. The van der Waals surface area contributed by atoms with E-state index in [1.165, 1.54) is 12.1 Å². The summed E-state index contributed by atoms with van der Waals surface area (Å²) >= 11 is 0. The summed E-state index contributed by atoms with van der Waals surface area (Å²) in [5.41, 5.74) is 2.54. The molecule has 128 valence electrons. The highest BCUT2D eigenvalue weighted by Crippen LogP contribution is 2.25. The zero-order valence-electron chi connectivity index (χ0n) is 13.9.